The summed E-state index contributed by atoms with van der Waals surface area (Å²) in [6, 6.07) is 66.4. The van der Waals surface area contributed by atoms with Gasteiger partial charge in [-0.15, -0.1) is 11.3 Å². The lowest BCUT2D eigenvalue weighted by atomic mass is 9.91. The highest BCUT2D eigenvalue weighted by Crippen LogP contribution is 2.47. The molecule has 0 saturated heterocycles. The van der Waals surface area contributed by atoms with Gasteiger partial charge < -0.3 is 0 Å². The third kappa shape index (κ3) is 5.66. The molecule has 0 aliphatic carbocycles. The molecule has 2 heterocycles. The van der Waals surface area contributed by atoms with Gasteiger partial charge in [0.15, 0.2) is 17.5 Å². The number of aromatic nitrogens is 3. The fourth-order valence-electron chi connectivity index (χ4n) is 7.35. The highest BCUT2D eigenvalue weighted by molar-refractivity contribution is 7.27. The minimum Gasteiger partial charge on any atom is -0.208 e. The van der Waals surface area contributed by atoms with Crippen molar-refractivity contribution in [2.45, 2.75) is 0 Å². The van der Waals surface area contributed by atoms with E-state index in [2.05, 4.69) is 152 Å². The Morgan fingerprint density at radius 1 is 0.302 bits per heavy atom. The minimum atomic E-state index is 0.657. The summed E-state index contributed by atoms with van der Waals surface area (Å²) < 4.78 is 2.41. The molecule has 8 aromatic carbocycles. The lowest BCUT2D eigenvalue weighted by molar-refractivity contribution is 1.08. The first kappa shape index (κ1) is 31.0. The first-order chi connectivity index (χ1) is 26.3. The van der Waals surface area contributed by atoms with E-state index in [4.69, 9.17) is 15.0 Å². The molecule has 0 spiro atoms. The monoisotopic (exact) mass is 693 g/mol. The van der Waals surface area contributed by atoms with Crippen molar-refractivity contribution in [1.29, 1.82) is 0 Å². The molecule has 0 bridgehead atoms. The van der Waals surface area contributed by atoms with Crippen LogP contribution in [0.4, 0.5) is 0 Å². The zero-order chi connectivity index (χ0) is 35.1. The Bertz CT molecular complexity index is 2810. The SMILES string of the molecule is c1ccc(-c2cc(-c3ccccc3)cc(-c3cc4ccccc4c4c3sc3c(-c5nc(-c6ccccc6)nc(-c6ccccc6)n5)cccc34)c2)cc1. The van der Waals surface area contributed by atoms with Crippen molar-refractivity contribution in [3.05, 3.63) is 188 Å². The molecule has 0 aliphatic heterocycles. The van der Waals surface area contributed by atoms with Gasteiger partial charge in [-0.05, 0) is 68.9 Å². The van der Waals surface area contributed by atoms with E-state index in [0.29, 0.717) is 17.5 Å². The highest BCUT2D eigenvalue weighted by atomic mass is 32.1. The van der Waals surface area contributed by atoms with Crippen LogP contribution in [-0.2, 0) is 0 Å². The number of hydrogen-bond donors (Lipinski definition) is 0. The van der Waals surface area contributed by atoms with Crippen molar-refractivity contribution in [1.82, 2.24) is 15.0 Å². The molecule has 0 radical (unpaired) electrons. The fraction of sp³-hybridized carbons (Fsp3) is 0. The van der Waals surface area contributed by atoms with Crippen LogP contribution in [0.2, 0.25) is 0 Å². The molecular weight excluding hydrogens is 663 g/mol. The van der Waals surface area contributed by atoms with Crippen LogP contribution >= 0.6 is 11.3 Å². The molecule has 0 fully saturated rings. The summed E-state index contributed by atoms with van der Waals surface area (Å²) in [5.74, 6) is 1.98. The molecule has 0 amide bonds. The second kappa shape index (κ2) is 13.1. The summed E-state index contributed by atoms with van der Waals surface area (Å²) in [6.07, 6.45) is 0. The largest absolute Gasteiger partial charge is 0.208 e. The lowest BCUT2D eigenvalue weighted by Gasteiger charge is -2.13. The van der Waals surface area contributed by atoms with Gasteiger partial charge in [-0.3, -0.25) is 0 Å². The molecule has 0 atom stereocenters. The molecular formula is C49H31N3S. The Kier molecular flexibility index (Phi) is 7.67. The molecule has 0 N–H and O–H groups in total. The second-order valence-electron chi connectivity index (χ2n) is 13.2. The van der Waals surface area contributed by atoms with Crippen molar-refractivity contribution >= 4 is 42.3 Å². The number of rotatable bonds is 6. The van der Waals surface area contributed by atoms with Crippen LogP contribution in [0.1, 0.15) is 0 Å². The van der Waals surface area contributed by atoms with Crippen LogP contribution in [0.5, 0.6) is 0 Å². The van der Waals surface area contributed by atoms with Gasteiger partial charge in [-0.25, -0.2) is 15.0 Å². The van der Waals surface area contributed by atoms with E-state index in [1.807, 2.05) is 47.7 Å². The van der Waals surface area contributed by atoms with E-state index in [0.717, 1.165) is 21.4 Å². The Morgan fingerprint density at radius 3 is 1.36 bits per heavy atom. The molecule has 3 nitrogen and oxygen atoms in total. The predicted molar refractivity (Wildman–Crippen MR) is 223 cm³/mol. The smallest absolute Gasteiger partial charge is 0.165 e. The molecule has 53 heavy (non-hydrogen) atoms. The van der Waals surface area contributed by atoms with Crippen molar-refractivity contribution in [3.63, 3.8) is 0 Å². The van der Waals surface area contributed by atoms with Crippen LogP contribution in [0, 0.1) is 0 Å². The molecule has 4 heteroatoms. The van der Waals surface area contributed by atoms with Crippen LogP contribution in [-0.4, -0.2) is 15.0 Å². The van der Waals surface area contributed by atoms with Crippen LogP contribution in [0.25, 0.3) is 98.5 Å². The minimum absolute atomic E-state index is 0.657. The lowest BCUT2D eigenvalue weighted by Crippen LogP contribution is -2.00. The summed E-state index contributed by atoms with van der Waals surface area (Å²) in [5, 5.41) is 4.91. The fourth-order valence-corrected chi connectivity index (χ4v) is 8.71. The van der Waals surface area contributed by atoms with E-state index < -0.39 is 0 Å². The maximum atomic E-state index is 5.14. The molecule has 2 aromatic heterocycles. The maximum Gasteiger partial charge on any atom is 0.165 e. The van der Waals surface area contributed by atoms with E-state index >= 15 is 0 Å². The van der Waals surface area contributed by atoms with E-state index in [1.54, 1.807) is 0 Å². The molecule has 0 saturated carbocycles. The quantitative estimate of drug-likeness (QED) is 0.174. The van der Waals surface area contributed by atoms with Crippen molar-refractivity contribution < 1.29 is 0 Å². The van der Waals surface area contributed by atoms with Gasteiger partial charge >= 0.3 is 0 Å². The van der Waals surface area contributed by atoms with Crippen LogP contribution < -0.4 is 0 Å². The number of thiophene rings is 1. The van der Waals surface area contributed by atoms with Crippen LogP contribution in [0.15, 0.2) is 188 Å². The molecule has 10 rings (SSSR count). The predicted octanol–water partition coefficient (Wildman–Crippen LogP) is 13.4. The van der Waals surface area contributed by atoms with E-state index in [1.165, 1.54) is 59.6 Å². The van der Waals surface area contributed by atoms with Crippen LogP contribution in [0.3, 0.4) is 0 Å². The normalized spacial score (nSPS) is 11.4. The Labute approximate surface area is 311 Å². The summed E-state index contributed by atoms with van der Waals surface area (Å²) >= 11 is 1.83. The van der Waals surface area contributed by atoms with Gasteiger partial charge in [0, 0.05) is 42.4 Å². The topological polar surface area (TPSA) is 38.7 Å². The number of benzene rings is 8. The van der Waals surface area contributed by atoms with Gasteiger partial charge in [0.1, 0.15) is 0 Å². The average Bonchev–Trinajstić information content (AvgIpc) is 3.65. The van der Waals surface area contributed by atoms with Gasteiger partial charge in [-0.1, -0.05) is 158 Å². The Morgan fingerprint density at radius 2 is 0.774 bits per heavy atom. The van der Waals surface area contributed by atoms with Gasteiger partial charge in [-0.2, -0.15) is 0 Å². The summed E-state index contributed by atoms with van der Waals surface area (Å²) in [7, 11) is 0. The molecule has 0 aliphatic rings. The summed E-state index contributed by atoms with van der Waals surface area (Å²) in [5.41, 5.74) is 10.1. The molecule has 248 valence electrons. The number of nitrogens with zero attached hydrogens (tertiary/aromatic N) is 3. The third-order valence-corrected chi connectivity index (χ3v) is 11.2. The van der Waals surface area contributed by atoms with Gasteiger partial charge in [0.2, 0.25) is 0 Å². The zero-order valence-electron chi connectivity index (χ0n) is 28.6. The second-order valence-corrected chi connectivity index (χ2v) is 14.2. The van der Waals surface area contributed by atoms with Gasteiger partial charge in [0.25, 0.3) is 0 Å². The molecule has 0 unspecified atom stereocenters. The standard InChI is InChI=1S/C49H31N3S/c1-5-16-32(17-6-1)37-28-38(33-18-7-2-8-19-33)30-39(29-37)43-31-36-24-13-14-25-40(36)44-41-26-15-27-42(45(41)53-46(43)44)49-51-47(34-20-9-3-10-21-34)50-48(52-49)35-22-11-4-12-23-35/h1-31H. The van der Waals surface area contributed by atoms with Crippen molar-refractivity contribution in [3.8, 4) is 67.5 Å². The van der Waals surface area contributed by atoms with Crippen molar-refractivity contribution in [2.75, 3.05) is 0 Å². The Balaban J connectivity index is 1.25. The third-order valence-electron chi connectivity index (χ3n) is 9.89. The molecule has 10 aromatic rings. The number of fused-ring (bicyclic) bond motifs is 5. The zero-order valence-corrected chi connectivity index (χ0v) is 29.5. The average molecular weight is 694 g/mol. The first-order valence-corrected chi connectivity index (χ1v) is 18.6. The number of hydrogen-bond acceptors (Lipinski definition) is 4. The van der Waals surface area contributed by atoms with Crippen molar-refractivity contribution in [2.24, 2.45) is 0 Å². The highest BCUT2D eigenvalue weighted by Gasteiger charge is 2.20. The van der Waals surface area contributed by atoms with E-state index in [-0.39, 0.29) is 0 Å². The Hall–Kier alpha value is -6.75. The summed E-state index contributed by atoms with van der Waals surface area (Å²) in [6.45, 7) is 0. The summed E-state index contributed by atoms with van der Waals surface area (Å²) in [4.78, 5) is 15.2. The first-order valence-electron chi connectivity index (χ1n) is 17.8. The van der Waals surface area contributed by atoms with Gasteiger partial charge in [0.05, 0.1) is 0 Å². The maximum absolute atomic E-state index is 5.14. The van der Waals surface area contributed by atoms with E-state index in [9.17, 15) is 0 Å².